The van der Waals surface area contributed by atoms with Gasteiger partial charge in [-0.2, -0.15) is 0 Å². The Hall–Kier alpha value is -0.570. The molecule has 1 unspecified atom stereocenters. The summed E-state index contributed by atoms with van der Waals surface area (Å²) in [5, 5.41) is 0. The first-order chi connectivity index (χ1) is 5.22. The normalized spacial score (nSPS) is 12.6. The molecule has 1 radical (unpaired) electrons. The van der Waals surface area contributed by atoms with E-state index in [0.717, 1.165) is 12.8 Å². The standard InChI is InChI=1S/C8H16NO2/c1-3-4-5-11-8(10)7(2)6-9/h7,9H,3-6H2,1-2H3. The number of ether oxygens (including phenoxy) is 1. The summed E-state index contributed by atoms with van der Waals surface area (Å²) in [5.41, 5.74) is 6.92. The molecule has 3 nitrogen and oxygen atoms in total. The Bertz CT molecular complexity index is 115. The zero-order valence-electron chi connectivity index (χ0n) is 7.22. The minimum Gasteiger partial charge on any atom is -0.465 e. The zero-order valence-corrected chi connectivity index (χ0v) is 7.22. The number of carbonyl (C=O) groups excluding carboxylic acids is 1. The lowest BCUT2D eigenvalue weighted by atomic mass is 10.2. The number of esters is 1. The maximum Gasteiger partial charge on any atom is 0.309 e. The van der Waals surface area contributed by atoms with Gasteiger partial charge in [0.1, 0.15) is 0 Å². The van der Waals surface area contributed by atoms with Gasteiger partial charge in [0.2, 0.25) is 0 Å². The highest BCUT2D eigenvalue weighted by molar-refractivity contribution is 5.72. The molecule has 0 heterocycles. The average molecular weight is 158 g/mol. The van der Waals surface area contributed by atoms with Crippen LogP contribution in [0.4, 0.5) is 0 Å². The highest BCUT2D eigenvalue weighted by Gasteiger charge is 2.11. The first kappa shape index (κ1) is 10.4. The molecule has 1 atom stereocenters. The summed E-state index contributed by atoms with van der Waals surface area (Å²) in [5.74, 6) is -0.514. The fraction of sp³-hybridized carbons (Fsp3) is 0.875. The highest BCUT2D eigenvalue weighted by atomic mass is 16.5. The van der Waals surface area contributed by atoms with Crippen molar-refractivity contribution in [2.75, 3.05) is 13.2 Å². The summed E-state index contributed by atoms with van der Waals surface area (Å²) >= 11 is 0. The van der Waals surface area contributed by atoms with Gasteiger partial charge in [-0.3, -0.25) is 10.5 Å². The van der Waals surface area contributed by atoms with Crippen molar-refractivity contribution in [3.8, 4) is 0 Å². The molecule has 0 aliphatic rings. The van der Waals surface area contributed by atoms with Crippen molar-refractivity contribution in [1.29, 1.82) is 0 Å². The van der Waals surface area contributed by atoms with Crippen molar-refractivity contribution in [1.82, 2.24) is 5.73 Å². The quantitative estimate of drug-likeness (QED) is 0.446. The van der Waals surface area contributed by atoms with Gasteiger partial charge in [-0.1, -0.05) is 20.3 Å². The van der Waals surface area contributed by atoms with Gasteiger partial charge in [0.25, 0.3) is 0 Å². The second-order valence-corrected chi connectivity index (χ2v) is 2.63. The van der Waals surface area contributed by atoms with E-state index >= 15 is 0 Å². The molecule has 11 heavy (non-hydrogen) atoms. The molecule has 0 aromatic heterocycles. The van der Waals surface area contributed by atoms with Crippen LogP contribution in [0.5, 0.6) is 0 Å². The van der Waals surface area contributed by atoms with Crippen LogP contribution >= 0.6 is 0 Å². The molecule has 1 N–H and O–H groups in total. The topological polar surface area (TPSA) is 50.1 Å². The molecule has 0 aromatic carbocycles. The van der Waals surface area contributed by atoms with Crippen molar-refractivity contribution in [2.45, 2.75) is 26.7 Å². The van der Waals surface area contributed by atoms with Crippen LogP contribution in [-0.2, 0) is 9.53 Å². The number of rotatable bonds is 5. The van der Waals surface area contributed by atoms with Gasteiger partial charge in [0.15, 0.2) is 0 Å². The van der Waals surface area contributed by atoms with E-state index in [1.165, 1.54) is 0 Å². The van der Waals surface area contributed by atoms with Crippen molar-refractivity contribution < 1.29 is 9.53 Å². The maximum atomic E-state index is 10.9. The molecule has 0 rings (SSSR count). The van der Waals surface area contributed by atoms with Crippen LogP contribution in [0.2, 0.25) is 0 Å². The second kappa shape index (κ2) is 6.16. The number of carbonyl (C=O) groups is 1. The lowest BCUT2D eigenvalue weighted by molar-refractivity contribution is -0.147. The van der Waals surface area contributed by atoms with Crippen LogP contribution in [0.1, 0.15) is 26.7 Å². The molecule has 0 bridgehead atoms. The predicted octanol–water partition coefficient (Wildman–Crippen LogP) is 1.25. The van der Waals surface area contributed by atoms with Gasteiger partial charge >= 0.3 is 5.97 Å². The number of nitrogens with one attached hydrogen (secondary N) is 1. The highest BCUT2D eigenvalue weighted by Crippen LogP contribution is 1.97. The molecular formula is C8H16NO2. The van der Waals surface area contributed by atoms with Crippen LogP contribution < -0.4 is 5.73 Å². The summed E-state index contributed by atoms with van der Waals surface area (Å²) in [4.78, 5) is 10.9. The minimum absolute atomic E-state index is 0.116. The van der Waals surface area contributed by atoms with Gasteiger partial charge in [-0.05, 0) is 6.42 Å². The van der Waals surface area contributed by atoms with Crippen LogP contribution in [-0.4, -0.2) is 19.1 Å². The van der Waals surface area contributed by atoms with E-state index in [1.54, 1.807) is 6.92 Å². The lowest BCUT2D eigenvalue weighted by Gasteiger charge is -2.07. The van der Waals surface area contributed by atoms with Crippen molar-refractivity contribution in [2.24, 2.45) is 5.92 Å². The van der Waals surface area contributed by atoms with Crippen LogP contribution in [0, 0.1) is 5.92 Å². The van der Waals surface area contributed by atoms with E-state index in [1.807, 2.05) is 6.92 Å². The minimum atomic E-state index is -0.271. The molecule has 0 spiro atoms. The number of hydrogen-bond donors (Lipinski definition) is 0. The summed E-state index contributed by atoms with van der Waals surface area (Å²) < 4.78 is 4.88. The monoisotopic (exact) mass is 158 g/mol. The fourth-order valence-corrected chi connectivity index (χ4v) is 0.543. The molecule has 0 saturated heterocycles. The Labute approximate surface area is 67.9 Å². The van der Waals surface area contributed by atoms with Gasteiger partial charge < -0.3 is 4.74 Å². The van der Waals surface area contributed by atoms with Crippen molar-refractivity contribution >= 4 is 5.97 Å². The van der Waals surface area contributed by atoms with Crippen LogP contribution in [0.3, 0.4) is 0 Å². The molecule has 0 amide bonds. The van der Waals surface area contributed by atoms with E-state index in [2.05, 4.69) is 0 Å². The molecule has 0 aromatic rings. The smallest absolute Gasteiger partial charge is 0.309 e. The summed E-state index contributed by atoms with van der Waals surface area (Å²) in [6.45, 7) is 4.37. The Morgan fingerprint density at radius 3 is 2.73 bits per heavy atom. The SMILES string of the molecule is CCCCOC(=O)C(C)C[NH]. The van der Waals surface area contributed by atoms with Gasteiger partial charge in [-0.15, -0.1) is 0 Å². The van der Waals surface area contributed by atoms with E-state index in [0.29, 0.717) is 6.61 Å². The van der Waals surface area contributed by atoms with E-state index in [9.17, 15) is 4.79 Å². The first-order valence-electron chi connectivity index (χ1n) is 4.03. The summed E-state index contributed by atoms with van der Waals surface area (Å²) in [6, 6.07) is 0. The van der Waals surface area contributed by atoms with Gasteiger partial charge in [-0.25, -0.2) is 0 Å². The third kappa shape index (κ3) is 4.79. The van der Waals surface area contributed by atoms with Crippen LogP contribution in [0.25, 0.3) is 0 Å². The number of hydrogen-bond acceptors (Lipinski definition) is 2. The zero-order chi connectivity index (χ0) is 8.69. The summed E-state index contributed by atoms with van der Waals surface area (Å²) in [6.07, 6.45) is 1.94. The van der Waals surface area contributed by atoms with E-state index < -0.39 is 0 Å². The van der Waals surface area contributed by atoms with Crippen molar-refractivity contribution in [3.05, 3.63) is 0 Å². The predicted molar refractivity (Wildman–Crippen MR) is 43.0 cm³/mol. The molecule has 0 saturated carbocycles. The van der Waals surface area contributed by atoms with E-state index in [4.69, 9.17) is 10.5 Å². The molecule has 65 valence electrons. The first-order valence-corrected chi connectivity index (χ1v) is 4.03. The van der Waals surface area contributed by atoms with Crippen molar-refractivity contribution in [3.63, 3.8) is 0 Å². The molecule has 3 heteroatoms. The largest absolute Gasteiger partial charge is 0.465 e. The third-order valence-corrected chi connectivity index (χ3v) is 1.45. The molecule has 0 aliphatic carbocycles. The Morgan fingerprint density at radius 1 is 1.64 bits per heavy atom. The van der Waals surface area contributed by atoms with Crippen LogP contribution in [0.15, 0.2) is 0 Å². The number of unbranched alkanes of at least 4 members (excludes halogenated alkanes) is 1. The fourth-order valence-electron chi connectivity index (χ4n) is 0.543. The Morgan fingerprint density at radius 2 is 2.27 bits per heavy atom. The maximum absolute atomic E-state index is 10.9. The Balaban J connectivity index is 3.36. The lowest BCUT2D eigenvalue weighted by Crippen LogP contribution is -2.19. The molecule has 0 fully saturated rings. The molecule has 0 aliphatic heterocycles. The average Bonchev–Trinajstić information content (AvgIpc) is 2.03. The summed E-state index contributed by atoms with van der Waals surface area (Å²) in [7, 11) is 0. The molecular weight excluding hydrogens is 142 g/mol. The van der Waals surface area contributed by atoms with Gasteiger partial charge in [0, 0.05) is 6.54 Å². The third-order valence-electron chi connectivity index (χ3n) is 1.45. The van der Waals surface area contributed by atoms with E-state index in [-0.39, 0.29) is 18.4 Å². The second-order valence-electron chi connectivity index (χ2n) is 2.63. The van der Waals surface area contributed by atoms with Gasteiger partial charge in [0.05, 0.1) is 12.5 Å². The Kier molecular flexibility index (Phi) is 5.84.